The molecular formula is C64H126O3S2. The van der Waals surface area contributed by atoms with E-state index < -0.39 is 11.0 Å². The van der Waals surface area contributed by atoms with E-state index in [1.807, 2.05) is 0 Å². The number of hydrogen-bond donors (Lipinski definition) is 0. The summed E-state index contributed by atoms with van der Waals surface area (Å²) >= 11 is 3.21. The molecule has 1 unspecified atom stereocenters. The first-order chi connectivity index (χ1) is 34.0. The molecular weight excluding hydrogens is 881 g/mol. The van der Waals surface area contributed by atoms with Crippen LogP contribution in [0.25, 0.3) is 0 Å². The molecule has 5 heteroatoms. The van der Waals surface area contributed by atoms with Gasteiger partial charge in [-0.1, -0.05) is 354 Å². The second kappa shape index (κ2) is 54.3. The summed E-state index contributed by atoms with van der Waals surface area (Å²) in [5.74, 6) is 1.75. The molecule has 0 aromatic rings. The zero-order valence-electron chi connectivity index (χ0n) is 48.2. The number of carbonyl (C=O) groups excluding carboxylic acids is 2. The van der Waals surface area contributed by atoms with Crippen molar-refractivity contribution >= 4 is 33.8 Å². The van der Waals surface area contributed by atoms with Gasteiger partial charge in [-0.25, -0.2) is 0 Å². The Morgan fingerprint density at radius 1 is 0.275 bits per heavy atom. The van der Waals surface area contributed by atoms with Gasteiger partial charge in [-0.3, -0.25) is 9.59 Å². The Hall–Kier alpha value is -0.0000000000000000555. The third kappa shape index (κ3) is 38.2. The maximum absolute atomic E-state index is 15.8. The normalized spacial score (nSPS) is 12.8. The van der Waals surface area contributed by atoms with Gasteiger partial charge in [0.25, 0.3) is 0 Å². The Morgan fingerprint density at radius 3 is 0.812 bits per heavy atom. The summed E-state index contributed by atoms with van der Waals surface area (Å²) in [6.45, 7) is 14.4. The molecule has 0 aliphatic rings. The predicted octanol–water partition coefficient (Wildman–Crippen LogP) is 23.3. The average Bonchev–Trinajstić information content (AvgIpc) is 3.35. The fourth-order valence-corrected chi connectivity index (χ4v) is 13.2. The van der Waals surface area contributed by atoms with Crippen LogP contribution in [-0.4, -0.2) is 33.9 Å². The van der Waals surface area contributed by atoms with E-state index in [2.05, 4.69) is 41.5 Å². The molecule has 412 valence electrons. The van der Waals surface area contributed by atoms with E-state index in [1.54, 1.807) is 23.5 Å². The Bertz CT molecular complexity index is 1030. The van der Waals surface area contributed by atoms with Gasteiger partial charge in [0.15, 0.2) is 5.12 Å². The fourth-order valence-electron chi connectivity index (χ4n) is 10.9. The van der Waals surface area contributed by atoms with Crippen molar-refractivity contribution in [3.63, 3.8) is 0 Å². The summed E-state index contributed by atoms with van der Waals surface area (Å²) in [5.41, 5.74) is -1.82. The van der Waals surface area contributed by atoms with Crippen molar-refractivity contribution in [1.29, 1.82) is 0 Å². The second-order valence-corrected chi connectivity index (χ2v) is 24.3. The van der Waals surface area contributed by atoms with Crippen LogP contribution in [0.4, 0.5) is 0 Å². The van der Waals surface area contributed by atoms with Crippen LogP contribution < -0.4 is 0 Å². The van der Waals surface area contributed by atoms with Crippen molar-refractivity contribution in [2.75, 3.05) is 18.1 Å². The first-order valence-electron chi connectivity index (χ1n) is 31.9. The van der Waals surface area contributed by atoms with Gasteiger partial charge in [0, 0.05) is 18.1 Å². The molecule has 0 rings (SSSR count). The highest BCUT2D eigenvalue weighted by molar-refractivity contribution is 8.14. The maximum atomic E-state index is 15.8. The molecule has 0 aliphatic heterocycles. The van der Waals surface area contributed by atoms with Gasteiger partial charge in [0.1, 0.15) is 5.60 Å². The number of thioether (sulfide) groups is 2. The predicted molar refractivity (Wildman–Crippen MR) is 316 cm³/mol. The van der Waals surface area contributed by atoms with Crippen LogP contribution in [0.5, 0.6) is 0 Å². The largest absolute Gasteiger partial charge is 0.365 e. The average molecular weight is 1010 g/mol. The lowest BCUT2D eigenvalue weighted by atomic mass is 9.64. The lowest BCUT2D eigenvalue weighted by Gasteiger charge is -2.48. The molecule has 1 atom stereocenters. The number of carbonyl (C=O) groups is 2. The van der Waals surface area contributed by atoms with Gasteiger partial charge in [0.2, 0.25) is 5.12 Å². The Morgan fingerprint density at radius 2 is 0.507 bits per heavy atom. The topological polar surface area (TPSA) is 43.4 Å². The standard InChI is InChI=1S/C64H126O3S2/c1-7-13-19-25-31-37-43-49-55-63(56-50-44-38-32-26-20-14-8-2,61(65)68-59-53-47-41-35-29-23-17-11-5)64(57-51-45-39-33-27-21-15-9-3,67-58-52-46-40-34-28-22-16-10-4)62(66)69-60-54-48-42-36-30-24-18-12-6/h7-60H2,1-6H3. The van der Waals surface area contributed by atoms with Gasteiger partial charge in [-0.05, 0) is 38.5 Å². The second-order valence-electron chi connectivity index (χ2n) is 22.1. The van der Waals surface area contributed by atoms with E-state index in [1.165, 1.54) is 244 Å². The lowest BCUT2D eigenvalue weighted by molar-refractivity contribution is -0.171. The van der Waals surface area contributed by atoms with Crippen molar-refractivity contribution < 1.29 is 14.3 Å². The highest BCUT2D eigenvalue weighted by Crippen LogP contribution is 2.52. The van der Waals surface area contributed by atoms with E-state index in [-0.39, 0.29) is 5.12 Å². The van der Waals surface area contributed by atoms with E-state index in [4.69, 9.17) is 4.74 Å². The molecule has 0 bridgehead atoms. The minimum atomic E-state index is -1.05. The maximum Gasteiger partial charge on any atom is 0.221 e. The summed E-state index contributed by atoms with van der Waals surface area (Å²) in [4.78, 5) is 31.6. The van der Waals surface area contributed by atoms with Crippen LogP contribution >= 0.6 is 23.5 Å². The van der Waals surface area contributed by atoms with Gasteiger partial charge in [0.05, 0.1) is 5.41 Å². The SMILES string of the molecule is CCCCCCCCCCOC(CCCCCCCCCC)(C(=O)SCCCCCCCCCC)C(CCCCCCCCCC)(CCCCCCCCCC)C(=O)SCCCCCCCCCC. The molecule has 0 fully saturated rings. The van der Waals surface area contributed by atoms with Crippen molar-refractivity contribution in [3.8, 4) is 0 Å². The summed E-state index contributed by atoms with van der Waals surface area (Å²) in [5, 5.41) is 0.556. The molecule has 0 aromatic heterocycles. The smallest absolute Gasteiger partial charge is 0.221 e. The van der Waals surface area contributed by atoms with Crippen molar-refractivity contribution in [2.24, 2.45) is 5.41 Å². The van der Waals surface area contributed by atoms with Crippen LogP contribution in [0.2, 0.25) is 0 Å². The lowest BCUT2D eigenvalue weighted by Crippen LogP contribution is -2.59. The Kier molecular flexibility index (Phi) is 54.3. The molecule has 69 heavy (non-hydrogen) atoms. The van der Waals surface area contributed by atoms with Gasteiger partial charge in [-0.2, -0.15) is 0 Å². The first kappa shape index (κ1) is 69.0. The highest BCUT2D eigenvalue weighted by atomic mass is 32.2. The quantitative estimate of drug-likeness (QED) is 0.0568. The number of rotatable bonds is 58. The molecule has 0 aliphatic carbocycles. The zero-order valence-corrected chi connectivity index (χ0v) is 49.9. The molecule has 0 radical (unpaired) electrons. The highest BCUT2D eigenvalue weighted by Gasteiger charge is 2.60. The molecule has 0 amide bonds. The fraction of sp³-hybridized carbons (Fsp3) is 0.969. The monoisotopic (exact) mass is 1010 g/mol. The van der Waals surface area contributed by atoms with Gasteiger partial charge < -0.3 is 4.74 Å². The Labute approximate surface area is 443 Å². The first-order valence-corrected chi connectivity index (χ1v) is 33.9. The number of hydrogen-bond acceptors (Lipinski definition) is 5. The van der Waals surface area contributed by atoms with Crippen LogP contribution in [0, 0.1) is 5.41 Å². The molecule has 0 aromatic carbocycles. The van der Waals surface area contributed by atoms with Crippen LogP contribution in [0.15, 0.2) is 0 Å². The van der Waals surface area contributed by atoms with Crippen molar-refractivity contribution in [2.45, 2.75) is 375 Å². The van der Waals surface area contributed by atoms with Crippen LogP contribution in [0.1, 0.15) is 369 Å². The molecule has 3 nitrogen and oxygen atoms in total. The van der Waals surface area contributed by atoms with E-state index >= 15 is 9.59 Å². The third-order valence-electron chi connectivity index (χ3n) is 15.6. The molecule has 0 saturated carbocycles. The molecule has 0 saturated heterocycles. The van der Waals surface area contributed by atoms with Gasteiger partial charge in [-0.15, -0.1) is 0 Å². The molecule has 0 heterocycles. The minimum Gasteiger partial charge on any atom is -0.365 e. The number of unbranched alkanes of at least 4 members (excludes halogenated alkanes) is 42. The van der Waals surface area contributed by atoms with Crippen LogP contribution in [0.3, 0.4) is 0 Å². The van der Waals surface area contributed by atoms with E-state index in [9.17, 15) is 0 Å². The van der Waals surface area contributed by atoms with Crippen molar-refractivity contribution in [1.82, 2.24) is 0 Å². The summed E-state index contributed by atoms with van der Waals surface area (Å²) in [6, 6.07) is 0. The molecule has 0 spiro atoms. The van der Waals surface area contributed by atoms with Crippen LogP contribution in [-0.2, 0) is 14.3 Å². The Balaban J connectivity index is 7.05. The molecule has 0 N–H and O–H groups in total. The van der Waals surface area contributed by atoms with E-state index in [0.717, 1.165) is 95.0 Å². The van der Waals surface area contributed by atoms with Crippen molar-refractivity contribution in [3.05, 3.63) is 0 Å². The third-order valence-corrected chi connectivity index (χ3v) is 17.8. The number of ether oxygens (including phenoxy) is 1. The summed E-state index contributed by atoms with van der Waals surface area (Å²) in [7, 11) is 0. The minimum absolute atomic E-state index is 0.230. The summed E-state index contributed by atoms with van der Waals surface area (Å²) < 4.78 is 7.55. The summed E-state index contributed by atoms with van der Waals surface area (Å²) in [6.07, 6.45) is 62.7. The van der Waals surface area contributed by atoms with Gasteiger partial charge >= 0.3 is 0 Å². The van der Waals surface area contributed by atoms with E-state index in [0.29, 0.717) is 11.7 Å². The zero-order chi connectivity index (χ0) is 50.5.